The minimum absolute atomic E-state index is 0.0872. The van der Waals surface area contributed by atoms with Crippen LogP contribution >= 0.6 is 0 Å². The van der Waals surface area contributed by atoms with Crippen molar-refractivity contribution in [1.29, 1.82) is 0 Å². The number of ether oxygens (including phenoxy) is 1. The minimum Gasteiger partial charge on any atom is -0.434 e. The summed E-state index contributed by atoms with van der Waals surface area (Å²) in [6.07, 6.45) is 0. The number of rotatable bonds is 7. The van der Waals surface area contributed by atoms with E-state index in [1.165, 1.54) is 48.5 Å². The zero-order valence-electron chi connectivity index (χ0n) is 15.5. The lowest BCUT2D eigenvalue weighted by Gasteiger charge is -2.12. The van der Waals surface area contributed by atoms with Crippen molar-refractivity contribution in [1.82, 2.24) is 0 Å². The highest BCUT2D eigenvalue weighted by molar-refractivity contribution is 7.92. The SMILES string of the molecule is O=C(Nc1ccc(NS(=O)(=O)c2ccc(F)c(F)c2)cc1)c1ccccc1OC(F)F. The predicted molar refractivity (Wildman–Crippen MR) is 105 cm³/mol. The maximum Gasteiger partial charge on any atom is 0.387 e. The average Bonchev–Trinajstić information content (AvgIpc) is 2.71. The zero-order valence-corrected chi connectivity index (χ0v) is 16.3. The van der Waals surface area contributed by atoms with Gasteiger partial charge in [-0.1, -0.05) is 12.1 Å². The van der Waals surface area contributed by atoms with Crippen LogP contribution in [0.2, 0.25) is 0 Å². The Hall–Kier alpha value is -3.60. The largest absolute Gasteiger partial charge is 0.434 e. The third-order valence-electron chi connectivity index (χ3n) is 3.94. The number of carbonyl (C=O) groups excluding carboxylic acids is 1. The molecule has 0 radical (unpaired) electrons. The fourth-order valence-electron chi connectivity index (χ4n) is 2.53. The third-order valence-corrected chi connectivity index (χ3v) is 5.32. The summed E-state index contributed by atoms with van der Waals surface area (Å²) in [5, 5.41) is 2.47. The lowest BCUT2D eigenvalue weighted by Crippen LogP contribution is -2.15. The molecular weight excluding hydrogens is 440 g/mol. The summed E-state index contributed by atoms with van der Waals surface area (Å²) < 4.78 is 82.4. The highest BCUT2D eigenvalue weighted by Gasteiger charge is 2.18. The quantitative estimate of drug-likeness (QED) is 0.511. The summed E-state index contributed by atoms with van der Waals surface area (Å²) in [6.45, 7) is -3.10. The second-order valence-electron chi connectivity index (χ2n) is 6.09. The van der Waals surface area contributed by atoms with E-state index in [1.807, 2.05) is 0 Å². The number of hydrogen-bond acceptors (Lipinski definition) is 4. The number of benzene rings is 3. The molecule has 0 unspecified atom stereocenters. The first-order chi connectivity index (χ1) is 14.7. The van der Waals surface area contributed by atoms with Gasteiger partial charge in [-0.3, -0.25) is 9.52 Å². The summed E-state index contributed by atoms with van der Waals surface area (Å²) in [4.78, 5) is 11.9. The number of nitrogens with one attached hydrogen (secondary N) is 2. The second kappa shape index (κ2) is 9.04. The van der Waals surface area contributed by atoms with Crippen LogP contribution in [0.5, 0.6) is 5.75 Å². The Kier molecular flexibility index (Phi) is 6.44. The lowest BCUT2D eigenvalue weighted by atomic mass is 10.2. The van der Waals surface area contributed by atoms with Gasteiger partial charge in [-0.05, 0) is 54.6 Å². The number of halogens is 4. The summed E-state index contributed by atoms with van der Waals surface area (Å²) in [7, 11) is -4.18. The van der Waals surface area contributed by atoms with Crippen LogP contribution in [-0.4, -0.2) is 20.9 Å². The van der Waals surface area contributed by atoms with Gasteiger partial charge in [0, 0.05) is 11.4 Å². The average molecular weight is 454 g/mol. The van der Waals surface area contributed by atoms with Crippen molar-refractivity contribution in [3.63, 3.8) is 0 Å². The van der Waals surface area contributed by atoms with E-state index in [-0.39, 0.29) is 22.7 Å². The number of alkyl halides is 2. The molecule has 0 aromatic heterocycles. The van der Waals surface area contributed by atoms with Crippen LogP contribution in [0.4, 0.5) is 28.9 Å². The summed E-state index contributed by atoms with van der Waals surface area (Å²) >= 11 is 0. The van der Waals surface area contributed by atoms with Gasteiger partial charge in [0.05, 0.1) is 10.5 Å². The Morgan fingerprint density at radius 1 is 0.871 bits per heavy atom. The summed E-state index contributed by atoms with van der Waals surface area (Å²) in [6, 6.07) is 12.9. The molecular formula is C20H14F4N2O4S. The molecule has 0 aliphatic heterocycles. The molecule has 0 spiro atoms. The molecule has 0 saturated carbocycles. The molecule has 0 aliphatic rings. The topological polar surface area (TPSA) is 84.5 Å². The van der Waals surface area contributed by atoms with E-state index in [0.29, 0.717) is 12.1 Å². The summed E-state index contributed by atoms with van der Waals surface area (Å²) in [5.74, 6) is -3.51. The summed E-state index contributed by atoms with van der Waals surface area (Å²) in [5.41, 5.74) is 0.211. The molecule has 3 aromatic carbocycles. The van der Waals surface area contributed by atoms with Crippen molar-refractivity contribution in [2.45, 2.75) is 11.5 Å². The first-order valence-electron chi connectivity index (χ1n) is 8.59. The van der Waals surface area contributed by atoms with Crippen molar-refractivity contribution >= 4 is 27.3 Å². The smallest absolute Gasteiger partial charge is 0.387 e. The van der Waals surface area contributed by atoms with E-state index in [0.717, 1.165) is 6.07 Å². The molecule has 2 N–H and O–H groups in total. The maximum atomic E-state index is 13.3. The van der Waals surface area contributed by atoms with Gasteiger partial charge in [-0.2, -0.15) is 8.78 Å². The van der Waals surface area contributed by atoms with Crippen LogP contribution in [0.1, 0.15) is 10.4 Å². The number of anilines is 2. The van der Waals surface area contributed by atoms with E-state index in [4.69, 9.17) is 0 Å². The van der Waals surface area contributed by atoms with Crippen LogP contribution in [0.3, 0.4) is 0 Å². The van der Waals surface area contributed by atoms with Crippen molar-refractivity contribution < 1.29 is 35.5 Å². The second-order valence-corrected chi connectivity index (χ2v) is 7.77. The normalized spacial score (nSPS) is 11.3. The van der Waals surface area contributed by atoms with Crippen molar-refractivity contribution in [3.8, 4) is 5.75 Å². The zero-order chi connectivity index (χ0) is 22.6. The molecule has 3 rings (SSSR count). The Morgan fingerprint density at radius 2 is 1.52 bits per heavy atom. The van der Waals surface area contributed by atoms with Gasteiger partial charge >= 0.3 is 6.61 Å². The van der Waals surface area contributed by atoms with Crippen molar-refractivity contribution in [3.05, 3.63) is 83.9 Å². The van der Waals surface area contributed by atoms with Crippen LogP contribution < -0.4 is 14.8 Å². The van der Waals surface area contributed by atoms with Crippen molar-refractivity contribution in [2.24, 2.45) is 0 Å². The number of carbonyl (C=O) groups is 1. The molecule has 0 atom stereocenters. The lowest BCUT2D eigenvalue weighted by molar-refractivity contribution is -0.0501. The van der Waals surface area contributed by atoms with E-state index in [1.54, 1.807) is 0 Å². The maximum absolute atomic E-state index is 13.3. The Labute approximate surface area is 174 Å². The van der Waals surface area contributed by atoms with Gasteiger partial charge in [-0.25, -0.2) is 17.2 Å². The standard InChI is InChI=1S/C20H14F4N2O4S/c21-16-10-9-14(11-17(16)22)31(28,29)26-13-7-5-12(6-8-13)25-19(27)15-3-1-2-4-18(15)30-20(23)24/h1-11,20,26H,(H,25,27). The van der Waals surface area contributed by atoms with Gasteiger partial charge in [-0.15, -0.1) is 0 Å². The molecule has 1 amide bonds. The number of amides is 1. The van der Waals surface area contributed by atoms with Crippen LogP contribution in [-0.2, 0) is 10.0 Å². The molecule has 0 fully saturated rings. The van der Waals surface area contributed by atoms with Gasteiger partial charge in [0.2, 0.25) is 0 Å². The predicted octanol–water partition coefficient (Wildman–Crippen LogP) is 4.62. The third kappa shape index (κ3) is 5.51. The fraction of sp³-hybridized carbons (Fsp3) is 0.0500. The molecule has 31 heavy (non-hydrogen) atoms. The highest BCUT2D eigenvalue weighted by atomic mass is 32.2. The van der Waals surface area contributed by atoms with E-state index in [2.05, 4.69) is 14.8 Å². The Balaban J connectivity index is 1.72. The van der Waals surface area contributed by atoms with Gasteiger partial charge < -0.3 is 10.1 Å². The van der Waals surface area contributed by atoms with Crippen LogP contribution in [0.25, 0.3) is 0 Å². The minimum atomic E-state index is -4.18. The first kappa shape index (κ1) is 22.1. The van der Waals surface area contributed by atoms with Crippen LogP contribution in [0.15, 0.2) is 71.6 Å². The highest BCUT2D eigenvalue weighted by Crippen LogP contribution is 2.23. The number of sulfonamides is 1. The van der Waals surface area contributed by atoms with E-state index in [9.17, 15) is 30.8 Å². The van der Waals surface area contributed by atoms with Gasteiger partial charge in [0.25, 0.3) is 15.9 Å². The molecule has 162 valence electrons. The van der Waals surface area contributed by atoms with Gasteiger partial charge in [0.1, 0.15) is 5.75 Å². The molecule has 11 heteroatoms. The Bertz CT molecular complexity index is 1200. The van der Waals surface area contributed by atoms with Crippen LogP contribution in [0, 0.1) is 11.6 Å². The van der Waals surface area contributed by atoms with E-state index < -0.39 is 39.1 Å². The first-order valence-corrected chi connectivity index (χ1v) is 10.1. The molecule has 0 bridgehead atoms. The monoisotopic (exact) mass is 454 g/mol. The van der Waals surface area contributed by atoms with Gasteiger partial charge in [0.15, 0.2) is 11.6 Å². The molecule has 0 heterocycles. The van der Waals surface area contributed by atoms with E-state index >= 15 is 0 Å². The van der Waals surface area contributed by atoms with Crippen molar-refractivity contribution in [2.75, 3.05) is 10.0 Å². The molecule has 6 nitrogen and oxygen atoms in total. The fourth-order valence-corrected chi connectivity index (χ4v) is 3.60. The molecule has 3 aromatic rings. The number of hydrogen-bond donors (Lipinski definition) is 2. The molecule has 0 saturated heterocycles. The number of para-hydroxylation sites is 1. The molecule has 0 aliphatic carbocycles. The Morgan fingerprint density at radius 3 is 2.16 bits per heavy atom.